The molecule has 0 bridgehead atoms. The lowest BCUT2D eigenvalue weighted by molar-refractivity contribution is -0.124. The Bertz CT molecular complexity index is 1100. The fourth-order valence-corrected chi connectivity index (χ4v) is 4.78. The van der Waals surface area contributed by atoms with E-state index in [0.29, 0.717) is 23.2 Å². The van der Waals surface area contributed by atoms with E-state index < -0.39 is 11.8 Å². The average molecular weight is 453 g/mol. The zero-order chi connectivity index (χ0) is 22.0. The number of aromatic nitrogens is 1. The van der Waals surface area contributed by atoms with Gasteiger partial charge in [-0.1, -0.05) is 49.7 Å². The summed E-state index contributed by atoms with van der Waals surface area (Å²) in [5, 5.41) is 1.03. The van der Waals surface area contributed by atoms with Crippen LogP contribution in [0.5, 0.6) is 0 Å². The normalized spacial score (nSPS) is 18.0. The number of fused-ring (bicyclic) bond motifs is 1. The largest absolute Gasteiger partial charge is 0.308 e. The van der Waals surface area contributed by atoms with Crippen LogP contribution in [0.15, 0.2) is 53.7 Å². The highest BCUT2D eigenvalue weighted by Crippen LogP contribution is 2.44. The van der Waals surface area contributed by atoms with Gasteiger partial charge in [0.25, 0.3) is 17.7 Å². The number of pyridine rings is 1. The Morgan fingerprint density at radius 3 is 2.58 bits per heavy atom. The molecule has 1 aromatic heterocycles. The highest BCUT2D eigenvalue weighted by atomic mass is 32.2. The van der Waals surface area contributed by atoms with Crippen molar-refractivity contribution < 1.29 is 14.4 Å². The summed E-state index contributed by atoms with van der Waals surface area (Å²) >= 11 is 6.36. The third-order valence-corrected chi connectivity index (χ3v) is 6.43. The lowest BCUT2D eigenvalue weighted by Gasteiger charge is -2.16. The molecular weight excluding hydrogens is 432 g/mol. The van der Waals surface area contributed by atoms with Crippen LogP contribution in [0.3, 0.4) is 0 Å². The first-order valence-corrected chi connectivity index (χ1v) is 11.2. The number of thioether (sulfide) groups is 1. The molecule has 0 aliphatic carbocycles. The van der Waals surface area contributed by atoms with Gasteiger partial charge in [0.05, 0.1) is 16.2 Å². The Hall–Kier alpha value is -3.04. The standard InChI is InChI=1S/C22H20N4O3S2/c1-2-3-6-13-25-16-8-5-4-7-15(16)17(20(25)28)18-21(29)26(22(30)31-18)24-19(27)14-9-11-23-12-10-14/h4-5,7-12H,2-3,6,13H2,1H3,(H,24,27). The van der Waals surface area contributed by atoms with Gasteiger partial charge in [-0.15, -0.1) is 0 Å². The molecule has 9 heteroatoms. The lowest BCUT2D eigenvalue weighted by atomic mass is 10.1. The Morgan fingerprint density at radius 2 is 1.84 bits per heavy atom. The van der Waals surface area contributed by atoms with Crippen LogP contribution in [0.1, 0.15) is 42.1 Å². The summed E-state index contributed by atoms with van der Waals surface area (Å²) in [5.74, 6) is -1.20. The molecule has 4 rings (SSSR count). The zero-order valence-corrected chi connectivity index (χ0v) is 18.5. The van der Waals surface area contributed by atoms with Gasteiger partial charge in [-0.25, -0.2) is 0 Å². The first kappa shape index (κ1) is 21.2. The maximum atomic E-state index is 13.3. The smallest absolute Gasteiger partial charge is 0.286 e. The SMILES string of the molecule is CCCCCN1C(=O)C(=C2SC(=S)N(NC(=O)c3ccncc3)C2=O)c2ccccc21. The number of amides is 3. The summed E-state index contributed by atoms with van der Waals surface area (Å²) in [4.78, 5) is 44.8. The number of hydrazine groups is 1. The molecule has 0 spiro atoms. The summed E-state index contributed by atoms with van der Waals surface area (Å²) in [6, 6.07) is 10.5. The van der Waals surface area contributed by atoms with Crippen molar-refractivity contribution in [2.75, 3.05) is 11.4 Å². The van der Waals surface area contributed by atoms with E-state index >= 15 is 0 Å². The van der Waals surface area contributed by atoms with E-state index in [-0.39, 0.29) is 15.1 Å². The summed E-state index contributed by atoms with van der Waals surface area (Å²) < 4.78 is 0.171. The molecule has 1 saturated heterocycles. The van der Waals surface area contributed by atoms with Crippen LogP contribution in [0.25, 0.3) is 5.57 Å². The minimum atomic E-state index is -0.508. The second-order valence-electron chi connectivity index (χ2n) is 7.07. The zero-order valence-electron chi connectivity index (χ0n) is 16.8. The van der Waals surface area contributed by atoms with Gasteiger partial charge >= 0.3 is 0 Å². The van der Waals surface area contributed by atoms with Crippen molar-refractivity contribution in [1.29, 1.82) is 0 Å². The number of thiocarbonyl (C=S) groups is 1. The number of nitrogens with one attached hydrogen (secondary N) is 1. The molecule has 0 atom stereocenters. The van der Waals surface area contributed by atoms with Crippen LogP contribution in [-0.2, 0) is 9.59 Å². The Labute approximate surface area is 189 Å². The van der Waals surface area contributed by atoms with Crippen molar-refractivity contribution in [2.45, 2.75) is 26.2 Å². The van der Waals surface area contributed by atoms with Crippen LogP contribution in [-0.4, -0.2) is 38.6 Å². The molecule has 1 N–H and O–H groups in total. The van der Waals surface area contributed by atoms with Crippen LogP contribution < -0.4 is 10.3 Å². The summed E-state index contributed by atoms with van der Waals surface area (Å²) in [6.45, 7) is 2.70. The minimum absolute atomic E-state index is 0.171. The first-order valence-electron chi connectivity index (χ1n) is 9.95. The van der Waals surface area contributed by atoms with Gasteiger partial charge in [-0.2, -0.15) is 5.01 Å². The van der Waals surface area contributed by atoms with Gasteiger partial charge in [0.15, 0.2) is 4.32 Å². The highest BCUT2D eigenvalue weighted by Gasteiger charge is 2.42. The summed E-state index contributed by atoms with van der Waals surface area (Å²) in [6.07, 6.45) is 5.93. The fourth-order valence-electron chi connectivity index (χ4n) is 3.53. The summed E-state index contributed by atoms with van der Waals surface area (Å²) in [7, 11) is 0. The monoisotopic (exact) mass is 452 g/mol. The molecule has 1 aromatic carbocycles. The summed E-state index contributed by atoms with van der Waals surface area (Å²) in [5.41, 5.74) is 4.73. The van der Waals surface area contributed by atoms with Gasteiger partial charge in [0, 0.05) is 30.1 Å². The topological polar surface area (TPSA) is 82.6 Å². The van der Waals surface area contributed by atoms with E-state index in [1.807, 2.05) is 24.3 Å². The number of rotatable bonds is 6. The molecule has 3 heterocycles. The number of carbonyl (C=O) groups excluding carboxylic acids is 3. The average Bonchev–Trinajstić information content (AvgIpc) is 3.22. The molecular formula is C22H20N4O3S2. The van der Waals surface area contributed by atoms with Gasteiger partial charge in [-0.05, 0) is 36.8 Å². The molecule has 31 heavy (non-hydrogen) atoms. The predicted molar refractivity (Wildman–Crippen MR) is 124 cm³/mol. The van der Waals surface area contributed by atoms with Crippen molar-refractivity contribution in [2.24, 2.45) is 0 Å². The van der Waals surface area contributed by atoms with E-state index in [2.05, 4.69) is 17.3 Å². The van der Waals surface area contributed by atoms with E-state index in [1.54, 1.807) is 4.90 Å². The minimum Gasteiger partial charge on any atom is -0.308 e. The Morgan fingerprint density at radius 1 is 1.10 bits per heavy atom. The highest BCUT2D eigenvalue weighted by molar-refractivity contribution is 8.26. The van der Waals surface area contributed by atoms with E-state index in [9.17, 15) is 14.4 Å². The molecule has 7 nitrogen and oxygen atoms in total. The number of hydrogen-bond acceptors (Lipinski definition) is 6. The second-order valence-corrected chi connectivity index (χ2v) is 8.71. The van der Waals surface area contributed by atoms with Crippen molar-refractivity contribution in [3.8, 4) is 0 Å². The number of hydrogen-bond donors (Lipinski definition) is 1. The molecule has 1 fully saturated rings. The molecule has 2 aliphatic heterocycles. The molecule has 2 aliphatic rings. The third-order valence-electron chi connectivity index (χ3n) is 5.06. The van der Waals surface area contributed by atoms with Crippen LogP contribution in [0.4, 0.5) is 5.69 Å². The van der Waals surface area contributed by atoms with Crippen molar-refractivity contribution in [1.82, 2.24) is 15.4 Å². The van der Waals surface area contributed by atoms with Crippen LogP contribution >= 0.6 is 24.0 Å². The number of nitrogens with zero attached hydrogens (tertiary/aromatic N) is 3. The number of carbonyl (C=O) groups is 3. The van der Waals surface area contributed by atoms with Gasteiger partial charge in [-0.3, -0.25) is 24.8 Å². The number of para-hydroxylation sites is 1. The van der Waals surface area contributed by atoms with E-state index in [0.717, 1.165) is 41.7 Å². The molecule has 158 valence electrons. The molecule has 3 amide bonds. The number of unbranched alkanes of at least 4 members (excludes halogenated alkanes) is 2. The van der Waals surface area contributed by atoms with Crippen molar-refractivity contribution in [3.63, 3.8) is 0 Å². The van der Waals surface area contributed by atoms with Crippen molar-refractivity contribution in [3.05, 3.63) is 64.8 Å². The molecule has 2 aromatic rings. The van der Waals surface area contributed by atoms with E-state index in [1.165, 1.54) is 24.5 Å². The Kier molecular flexibility index (Phi) is 6.15. The van der Waals surface area contributed by atoms with Gasteiger partial charge < -0.3 is 4.90 Å². The lowest BCUT2D eigenvalue weighted by Crippen LogP contribution is -2.45. The quantitative estimate of drug-likeness (QED) is 0.410. The molecule has 0 unspecified atom stereocenters. The van der Waals surface area contributed by atoms with Gasteiger partial charge in [0.2, 0.25) is 0 Å². The second kappa shape index (κ2) is 8.99. The molecule has 0 saturated carbocycles. The Balaban J connectivity index is 1.64. The van der Waals surface area contributed by atoms with Gasteiger partial charge in [0.1, 0.15) is 0 Å². The van der Waals surface area contributed by atoms with E-state index in [4.69, 9.17) is 12.2 Å². The first-order chi connectivity index (χ1) is 15.0. The molecule has 0 radical (unpaired) electrons. The van der Waals surface area contributed by atoms with Crippen LogP contribution in [0.2, 0.25) is 0 Å². The fraction of sp³-hybridized carbons (Fsp3) is 0.227. The maximum absolute atomic E-state index is 13.3. The third kappa shape index (κ3) is 3.98. The maximum Gasteiger partial charge on any atom is 0.286 e. The van der Waals surface area contributed by atoms with Crippen molar-refractivity contribution >= 4 is 57.3 Å². The predicted octanol–water partition coefficient (Wildman–Crippen LogP) is 3.53. The number of benzene rings is 1. The number of anilines is 1. The van der Waals surface area contributed by atoms with Crippen LogP contribution in [0, 0.1) is 0 Å².